The molecule has 1 fully saturated rings. The van der Waals surface area contributed by atoms with Crippen molar-refractivity contribution in [2.75, 3.05) is 11.9 Å². The lowest BCUT2D eigenvalue weighted by molar-refractivity contribution is -0.118. The van der Waals surface area contributed by atoms with Crippen molar-refractivity contribution in [3.05, 3.63) is 59.1 Å². The van der Waals surface area contributed by atoms with E-state index in [1.54, 1.807) is 42.5 Å². The van der Waals surface area contributed by atoms with Crippen LogP contribution in [0.25, 0.3) is 10.6 Å². The molecule has 3 aromatic rings. The number of amides is 1. The number of benzene rings is 1. The molecule has 4 rings (SSSR count). The number of rotatable bonds is 6. The normalized spacial score (nSPS) is 14.6. The van der Waals surface area contributed by atoms with Gasteiger partial charge in [0.1, 0.15) is 0 Å². The first-order valence-electron chi connectivity index (χ1n) is 8.72. The van der Waals surface area contributed by atoms with E-state index in [1.807, 2.05) is 23.6 Å². The highest BCUT2D eigenvalue weighted by atomic mass is 32.1. The van der Waals surface area contributed by atoms with Gasteiger partial charge in [-0.2, -0.15) is 0 Å². The van der Waals surface area contributed by atoms with Crippen LogP contribution >= 0.6 is 11.3 Å². The molecule has 0 atom stereocenters. The van der Waals surface area contributed by atoms with Crippen molar-refractivity contribution in [2.24, 2.45) is 0 Å². The smallest absolute Gasteiger partial charge is 0.338 e. The third-order valence-electron chi connectivity index (χ3n) is 4.60. The summed E-state index contributed by atoms with van der Waals surface area (Å²) >= 11 is 1.57. The molecule has 6 nitrogen and oxygen atoms in total. The van der Waals surface area contributed by atoms with Crippen molar-refractivity contribution in [1.82, 2.24) is 5.16 Å². The average molecular weight is 382 g/mol. The van der Waals surface area contributed by atoms with Gasteiger partial charge in [0.25, 0.3) is 0 Å². The minimum Gasteiger partial charge on any atom is -0.462 e. The Balaban J connectivity index is 1.47. The van der Waals surface area contributed by atoms with Crippen LogP contribution < -0.4 is 5.32 Å². The Hall–Kier alpha value is -2.93. The van der Waals surface area contributed by atoms with Crippen LogP contribution in [-0.4, -0.2) is 23.6 Å². The number of esters is 1. The maximum absolute atomic E-state index is 12.8. The molecule has 0 aliphatic heterocycles. The van der Waals surface area contributed by atoms with Gasteiger partial charge in [0, 0.05) is 11.8 Å². The second-order valence-corrected chi connectivity index (χ2v) is 7.34. The third kappa shape index (κ3) is 3.38. The number of thiophene rings is 1. The summed E-state index contributed by atoms with van der Waals surface area (Å²) in [7, 11) is 0. The lowest BCUT2D eigenvalue weighted by Gasteiger charge is -2.12. The van der Waals surface area contributed by atoms with E-state index in [2.05, 4.69) is 10.5 Å². The maximum Gasteiger partial charge on any atom is 0.338 e. The molecule has 138 valence electrons. The van der Waals surface area contributed by atoms with E-state index in [-0.39, 0.29) is 11.9 Å². The molecule has 27 heavy (non-hydrogen) atoms. The first-order valence-corrected chi connectivity index (χ1v) is 9.60. The quantitative estimate of drug-likeness (QED) is 0.645. The van der Waals surface area contributed by atoms with Crippen LogP contribution in [0.1, 0.15) is 35.8 Å². The van der Waals surface area contributed by atoms with E-state index < -0.39 is 5.41 Å². The highest BCUT2D eigenvalue weighted by Gasteiger charge is 2.53. The Morgan fingerprint density at radius 1 is 1.26 bits per heavy atom. The van der Waals surface area contributed by atoms with Crippen LogP contribution in [0, 0.1) is 0 Å². The molecule has 2 aromatic heterocycles. The number of carbonyl (C=O) groups is 2. The Bertz CT molecular complexity index is 956. The molecular formula is C20H18N2O4S. The molecule has 0 spiro atoms. The summed E-state index contributed by atoms with van der Waals surface area (Å²) in [4.78, 5) is 25.5. The number of aromatic nitrogens is 1. The van der Waals surface area contributed by atoms with Gasteiger partial charge in [-0.1, -0.05) is 11.2 Å². The molecule has 0 saturated heterocycles. The molecule has 1 amide bonds. The van der Waals surface area contributed by atoms with Crippen LogP contribution in [0.3, 0.4) is 0 Å². The van der Waals surface area contributed by atoms with Gasteiger partial charge in [-0.25, -0.2) is 4.79 Å². The van der Waals surface area contributed by atoms with Gasteiger partial charge in [-0.05, 0) is 55.5 Å². The predicted octanol–water partition coefficient (Wildman–Crippen LogP) is 4.25. The molecule has 1 aliphatic rings. The first kappa shape index (κ1) is 17.5. The highest BCUT2D eigenvalue weighted by molar-refractivity contribution is 7.13. The second-order valence-electron chi connectivity index (χ2n) is 6.39. The van der Waals surface area contributed by atoms with Crippen LogP contribution in [0.4, 0.5) is 5.69 Å². The fourth-order valence-corrected chi connectivity index (χ4v) is 3.59. The Morgan fingerprint density at radius 2 is 2.04 bits per heavy atom. The van der Waals surface area contributed by atoms with Gasteiger partial charge in [0.2, 0.25) is 5.91 Å². The minimum atomic E-state index is -0.640. The van der Waals surface area contributed by atoms with E-state index in [9.17, 15) is 9.59 Å². The second kappa shape index (κ2) is 7.00. The lowest BCUT2D eigenvalue weighted by Crippen LogP contribution is -2.28. The zero-order valence-corrected chi connectivity index (χ0v) is 15.5. The van der Waals surface area contributed by atoms with Gasteiger partial charge in [0.15, 0.2) is 5.76 Å². The largest absolute Gasteiger partial charge is 0.462 e. The Kier molecular flexibility index (Phi) is 4.53. The van der Waals surface area contributed by atoms with Crippen molar-refractivity contribution in [2.45, 2.75) is 25.2 Å². The zero-order valence-electron chi connectivity index (χ0n) is 14.7. The van der Waals surface area contributed by atoms with Crippen molar-refractivity contribution >= 4 is 28.9 Å². The van der Waals surface area contributed by atoms with Crippen molar-refractivity contribution in [1.29, 1.82) is 0 Å². The summed E-state index contributed by atoms with van der Waals surface area (Å²) < 4.78 is 10.4. The topological polar surface area (TPSA) is 81.4 Å². The molecule has 1 aromatic carbocycles. The number of hydrogen-bond donors (Lipinski definition) is 1. The standard InChI is InChI=1S/C20H18N2O4S/c1-2-25-18(23)13-5-7-14(8-6-13)21-19(24)20(9-10-20)17-12-15(26-22-17)16-4-3-11-27-16/h3-8,11-12H,2,9-10H2,1H3,(H,21,24). The van der Waals surface area contributed by atoms with Gasteiger partial charge >= 0.3 is 5.97 Å². The lowest BCUT2D eigenvalue weighted by atomic mass is 10.0. The average Bonchev–Trinajstić information content (AvgIpc) is 3.09. The number of nitrogens with zero attached hydrogens (tertiary/aromatic N) is 1. The Morgan fingerprint density at radius 3 is 2.67 bits per heavy atom. The molecule has 1 N–H and O–H groups in total. The maximum atomic E-state index is 12.8. The van der Waals surface area contributed by atoms with E-state index in [1.165, 1.54) is 0 Å². The highest BCUT2D eigenvalue weighted by Crippen LogP contribution is 2.49. The summed E-state index contributed by atoms with van der Waals surface area (Å²) in [6.07, 6.45) is 1.46. The molecule has 1 aliphatic carbocycles. The molecule has 0 unspecified atom stereocenters. The summed E-state index contributed by atoms with van der Waals surface area (Å²) in [5.74, 6) is 0.188. The number of hydrogen-bond acceptors (Lipinski definition) is 6. The van der Waals surface area contributed by atoms with Crippen LogP contribution in [0.5, 0.6) is 0 Å². The van der Waals surface area contributed by atoms with Crippen molar-refractivity contribution < 1.29 is 18.8 Å². The number of nitrogens with one attached hydrogen (secondary N) is 1. The van der Waals surface area contributed by atoms with Crippen LogP contribution in [0.2, 0.25) is 0 Å². The number of anilines is 1. The van der Waals surface area contributed by atoms with Gasteiger partial charge in [-0.3, -0.25) is 4.79 Å². The molecule has 7 heteroatoms. The molecule has 0 bridgehead atoms. The summed E-state index contributed by atoms with van der Waals surface area (Å²) in [5.41, 5.74) is 1.10. The number of carbonyl (C=O) groups excluding carboxylic acids is 2. The van der Waals surface area contributed by atoms with Crippen LogP contribution in [-0.2, 0) is 14.9 Å². The molecular weight excluding hydrogens is 364 g/mol. The van der Waals surface area contributed by atoms with E-state index in [0.717, 1.165) is 17.7 Å². The Labute approximate surface area is 160 Å². The van der Waals surface area contributed by atoms with Gasteiger partial charge in [0.05, 0.1) is 28.2 Å². The fraction of sp³-hybridized carbons (Fsp3) is 0.250. The summed E-state index contributed by atoms with van der Waals surface area (Å²) in [6, 6.07) is 12.4. The van der Waals surface area contributed by atoms with Crippen molar-refractivity contribution in [3.63, 3.8) is 0 Å². The SMILES string of the molecule is CCOC(=O)c1ccc(NC(=O)C2(c3cc(-c4cccs4)on3)CC2)cc1. The summed E-state index contributed by atoms with van der Waals surface area (Å²) in [6.45, 7) is 2.08. The zero-order chi connectivity index (χ0) is 18.9. The van der Waals surface area contributed by atoms with E-state index in [4.69, 9.17) is 9.26 Å². The minimum absolute atomic E-state index is 0.114. The monoisotopic (exact) mass is 382 g/mol. The van der Waals surface area contributed by atoms with Gasteiger partial charge < -0.3 is 14.6 Å². The van der Waals surface area contributed by atoms with Crippen molar-refractivity contribution in [3.8, 4) is 10.6 Å². The molecule has 0 radical (unpaired) electrons. The predicted molar refractivity (Wildman–Crippen MR) is 102 cm³/mol. The van der Waals surface area contributed by atoms with E-state index >= 15 is 0 Å². The van der Waals surface area contributed by atoms with Crippen LogP contribution in [0.15, 0.2) is 52.4 Å². The molecule has 1 saturated carbocycles. The third-order valence-corrected chi connectivity index (χ3v) is 5.49. The molecule has 2 heterocycles. The van der Waals surface area contributed by atoms with Gasteiger partial charge in [-0.15, -0.1) is 11.3 Å². The fourth-order valence-electron chi connectivity index (χ4n) is 2.91. The number of ether oxygens (including phenoxy) is 1. The first-order chi connectivity index (χ1) is 13.1. The van der Waals surface area contributed by atoms with E-state index in [0.29, 0.717) is 29.3 Å². The summed E-state index contributed by atoms with van der Waals surface area (Å²) in [5, 5.41) is 9.02.